The zero-order chi connectivity index (χ0) is 16.7. The summed E-state index contributed by atoms with van der Waals surface area (Å²) in [7, 11) is 2.13. The monoisotopic (exact) mass is 324 g/mol. The molecule has 0 amide bonds. The van der Waals surface area contributed by atoms with Crippen molar-refractivity contribution >= 4 is 23.2 Å². The Morgan fingerprint density at radius 2 is 2.12 bits per heavy atom. The highest BCUT2D eigenvalue weighted by molar-refractivity contribution is 6.13. The molecule has 1 aromatic rings. The number of fused-ring (bicyclic) bond motifs is 1. The highest BCUT2D eigenvalue weighted by atomic mass is 15.7. The third-order valence-corrected chi connectivity index (χ3v) is 5.16. The van der Waals surface area contributed by atoms with Crippen molar-refractivity contribution in [3.63, 3.8) is 0 Å². The van der Waals surface area contributed by atoms with Crippen molar-refractivity contribution in [3.05, 3.63) is 36.2 Å². The smallest absolute Gasteiger partial charge is 0.280 e. The van der Waals surface area contributed by atoms with Gasteiger partial charge < -0.3 is 10.6 Å². The number of nitrogens with two attached hydrogens (primary N) is 1. The van der Waals surface area contributed by atoms with Gasteiger partial charge in [-0.3, -0.25) is 10.4 Å². The van der Waals surface area contributed by atoms with Crippen molar-refractivity contribution in [2.75, 3.05) is 20.1 Å². The molecule has 0 spiro atoms. The molecule has 1 saturated heterocycles. The minimum Gasteiger partial charge on any atom is -0.363 e. The Kier molecular flexibility index (Phi) is 3.54. The number of hydrogen-bond acceptors (Lipinski definition) is 6. The molecule has 0 aliphatic carbocycles. The first-order valence-corrected chi connectivity index (χ1v) is 8.31. The van der Waals surface area contributed by atoms with Crippen LogP contribution < -0.4 is 5.73 Å². The number of likely N-dealkylation sites (tertiary alicyclic amines) is 1. The molecule has 1 fully saturated rings. The Labute approximate surface area is 141 Å². The molecular formula is C17H22N7+. The van der Waals surface area contributed by atoms with Gasteiger partial charge in [-0.25, -0.2) is 0 Å². The van der Waals surface area contributed by atoms with Crippen LogP contribution in [0, 0.1) is 5.41 Å². The SMILES string of the molecule is CN1CCC([N+]23N=C(N)N=C2C=C(c2cccnc2)CC3=N)CC1. The fourth-order valence-electron chi connectivity index (χ4n) is 3.86. The van der Waals surface area contributed by atoms with Crippen LogP contribution in [-0.2, 0) is 0 Å². The van der Waals surface area contributed by atoms with Gasteiger partial charge in [0.25, 0.3) is 11.8 Å². The van der Waals surface area contributed by atoms with Crippen LogP contribution in [0.5, 0.6) is 0 Å². The third-order valence-electron chi connectivity index (χ3n) is 5.16. The van der Waals surface area contributed by atoms with Gasteiger partial charge >= 0.3 is 0 Å². The largest absolute Gasteiger partial charge is 0.363 e. The van der Waals surface area contributed by atoms with E-state index in [2.05, 4.69) is 33.1 Å². The molecule has 4 rings (SSSR count). The molecular weight excluding hydrogens is 302 g/mol. The topological polar surface area (TPSA) is 90.7 Å². The number of aliphatic imine (C=N–C) groups is 1. The van der Waals surface area contributed by atoms with Crippen LogP contribution in [0.3, 0.4) is 0 Å². The summed E-state index contributed by atoms with van der Waals surface area (Å²) in [6.07, 6.45) is 8.17. The second-order valence-corrected chi connectivity index (χ2v) is 6.68. The summed E-state index contributed by atoms with van der Waals surface area (Å²) in [6, 6.07) is 4.16. The minimum absolute atomic E-state index is 0.170. The lowest BCUT2D eigenvalue weighted by molar-refractivity contribution is -0.785. The molecule has 3 N–H and O–H groups in total. The molecule has 0 bridgehead atoms. The first-order valence-electron chi connectivity index (χ1n) is 8.31. The molecule has 24 heavy (non-hydrogen) atoms. The molecule has 3 aliphatic rings. The van der Waals surface area contributed by atoms with Gasteiger partial charge in [0.05, 0.1) is 6.42 Å². The third kappa shape index (κ3) is 2.28. The number of amidine groups is 2. The zero-order valence-corrected chi connectivity index (χ0v) is 13.8. The Bertz CT molecular complexity index is 756. The van der Waals surface area contributed by atoms with E-state index >= 15 is 0 Å². The maximum absolute atomic E-state index is 8.77. The van der Waals surface area contributed by atoms with Gasteiger partial charge in [-0.2, -0.15) is 4.99 Å². The quantitative estimate of drug-likeness (QED) is 0.806. The maximum atomic E-state index is 8.77. The Morgan fingerprint density at radius 3 is 2.83 bits per heavy atom. The summed E-state index contributed by atoms with van der Waals surface area (Å²) in [5, 5.41) is 13.4. The number of nitrogens with zero attached hydrogens (tertiary/aromatic N) is 5. The Morgan fingerprint density at radius 1 is 1.33 bits per heavy atom. The van der Waals surface area contributed by atoms with E-state index in [4.69, 9.17) is 11.1 Å². The van der Waals surface area contributed by atoms with Crippen molar-refractivity contribution in [2.45, 2.75) is 25.3 Å². The maximum Gasteiger partial charge on any atom is 0.280 e. The molecule has 1 aromatic heterocycles. The number of rotatable bonds is 2. The average molecular weight is 324 g/mol. The van der Waals surface area contributed by atoms with E-state index in [-0.39, 0.29) is 16.6 Å². The van der Waals surface area contributed by atoms with E-state index in [1.807, 2.05) is 18.3 Å². The second kappa shape index (κ2) is 5.61. The van der Waals surface area contributed by atoms with Crippen LogP contribution in [0.25, 0.3) is 5.57 Å². The van der Waals surface area contributed by atoms with Crippen LogP contribution in [-0.4, -0.2) is 58.3 Å². The number of guanidine groups is 1. The Hall–Kier alpha value is -2.38. The predicted molar refractivity (Wildman–Crippen MR) is 94.4 cm³/mol. The van der Waals surface area contributed by atoms with Crippen molar-refractivity contribution in [1.82, 2.24) is 9.88 Å². The molecule has 7 nitrogen and oxygen atoms in total. The minimum atomic E-state index is 0.170. The van der Waals surface area contributed by atoms with Crippen LogP contribution >= 0.6 is 0 Å². The summed E-state index contributed by atoms with van der Waals surface area (Å²) in [6.45, 7) is 2.03. The van der Waals surface area contributed by atoms with E-state index in [9.17, 15) is 0 Å². The van der Waals surface area contributed by atoms with E-state index in [0.717, 1.165) is 42.9 Å². The number of nitrogens with one attached hydrogen (secondary N) is 1. The van der Waals surface area contributed by atoms with Gasteiger partial charge in [0.15, 0.2) is 0 Å². The molecule has 7 heteroatoms. The highest BCUT2D eigenvalue weighted by Gasteiger charge is 2.53. The lowest BCUT2D eigenvalue weighted by Gasteiger charge is -2.41. The van der Waals surface area contributed by atoms with Crippen molar-refractivity contribution in [2.24, 2.45) is 15.8 Å². The number of piperidine rings is 1. The summed E-state index contributed by atoms with van der Waals surface area (Å²) in [5.74, 6) is 1.60. The first-order chi connectivity index (χ1) is 11.6. The van der Waals surface area contributed by atoms with E-state index in [1.54, 1.807) is 6.20 Å². The number of aromatic nitrogens is 1. The molecule has 124 valence electrons. The van der Waals surface area contributed by atoms with Crippen molar-refractivity contribution in [1.29, 1.82) is 5.41 Å². The molecule has 1 unspecified atom stereocenters. The normalized spacial score (nSPS) is 28.2. The molecule has 0 radical (unpaired) electrons. The Balaban J connectivity index is 1.74. The fraction of sp³-hybridized carbons (Fsp3) is 0.412. The zero-order valence-electron chi connectivity index (χ0n) is 13.8. The summed E-state index contributed by atoms with van der Waals surface area (Å²) < 4.78 is 0.170. The molecule has 0 aromatic carbocycles. The number of pyridine rings is 1. The van der Waals surface area contributed by atoms with E-state index in [1.165, 1.54) is 0 Å². The average Bonchev–Trinajstić information content (AvgIpc) is 2.94. The number of quaternary nitrogens is 1. The summed E-state index contributed by atoms with van der Waals surface area (Å²) >= 11 is 0. The predicted octanol–water partition coefficient (Wildman–Crippen LogP) is 1.40. The molecule has 4 heterocycles. The molecule has 3 aliphatic heterocycles. The van der Waals surface area contributed by atoms with Crippen LogP contribution in [0.1, 0.15) is 24.8 Å². The number of hydrogen-bond donors (Lipinski definition) is 2. The van der Waals surface area contributed by atoms with Gasteiger partial charge in [-0.05, 0) is 29.4 Å². The standard InChI is InChI=1S/C17H22N7/c1-23-7-4-14(5-8-23)24-15(18)9-13(12-3-2-6-20-11-12)10-16(24)21-17(19)22-24/h2-3,6,10-11,14,18H,4-5,7-9H2,1H3,(H2,19,22)/q+1. The lowest BCUT2D eigenvalue weighted by atomic mass is 9.94. The van der Waals surface area contributed by atoms with Gasteiger partial charge in [-0.1, -0.05) is 10.7 Å². The molecule has 0 saturated carbocycles. The first kappa shape index (κ1) is 15.2. The van der Waals surface area contributed by atoms with Gasteiger partial charge in [0, 0.05) is 44.4 Å². The second-order valence-electron chi connectivity index (χ2n) is 6.68. The van der Waals surface area contributed by atoms with Crippen LogP contribution in [0.4, 0.5) is 0 Å². The highest BCUT2D eigenvalue weighted by Crippen LogP contribution is 2.37. The van der Waals surface area contributed by atoms with Crippen molar-refractivity contribution < 1.29 is 4.59 Å². The van der Waals surface area contributed by atoms with E-state index in [0.29, 0.717) is 12.3 Å². The summed E-state index contributed by atoms with van der Waals surface area (Å²) in [4.78, 5) is 11.0. The van der Waals surface area contributed by atoms with Crippen LogP contribution in [0.2, 0.25) is 0 Å². The van der Waals surface area contributed by atoms with Gasteiger partial charge in [0.1, 0.15) is 6.04 Å². The lowest BCUT2D eigenvalue weighted by Crippen LogP contribution is -2.61. The van der Waals surface area contributed by atoms with Crippen molar-refractivity contribution in [3.8, 4) is 0 Å². The van der Waals surface area contributed by atoms with Gasteiger partial charge in [-0.15, -0.1) is 0 Å². The molecule has 1 atom stereocenters. The van der Waals surface area contributed by atoms with E-state index < -0.39 is 0 Å². The fourth-order valence-corrected chi connectivity index (χ4v) is 3.86. The van der Waals surface area contributed by atoms with Gasteiger partial charge in [0.2, 0.25) is 5.84 Å². The summed E-state index contributed by atoms with van der Waals surface area (Å²) in [5.41, 5.74) is 8.04. The van der Waals surface area contributed by atoms with Crippen LogP contribution in [0.15, 0.2) is 40.7 Å².